The van der Waals surface area contributed by atoms with Gasteiger partial charge in [0.2, 0.25) is 0 Å². The van der Waals surface area contributed by atoms with E-state index in [1.807, 2.05) is 0 Å². The van der Waals surface area contributed by atoms with Crippen LogP contribution in [0, 0.1) is 0 Å². The number of likely N-dealkylation sites (N-methyl/N-ethyl adjacent to an activating group) is 1. The van der Waals surface area contributed by atoms with E-state index in [1.165, 1.54) is 5.56 Å². The Kier molecular flexibility index (Phi) is 3.25. The second kappa shape index (κ2) is 5.04. The van der Waals surface area contributed by atoms with Gasteiger partial charge in [-0.25, -0.2) is 4.98 Å². The smallest absolute Gasteiger partial charge is 0.155 e. The largest absolute Gasteiger partial charge is 0.352 e. The molecule has 0 aromatic carbocycles. The van der Waals surface area contributed by atoms with Crippen molar-refractivity contribution in [2.75, 3.05) is 38.1 Å². The van der Waals surface area contributed by atoms with Crippen LogP contribution in [0.2, 0.25) is 0 Å². The summed E-state index contributed by atoms with van der Waals surface area (Å²) in [5.74, 6) is 1.02. The first kappa shape index (κ1) is 11.6. The Morgan fingerprint density at radius 3 is 2.61 bits per heavy atom. The van der Waals surface area contributed by atoms with Crippen LogP contribution in [0.25, 0.3) is 11.3 Å². The monoisotopic (exact) mass is 260 g/mol. The maximum Gasteiger partial charge on any atom is 0.155 e. The van der Waals surface area contributed by atoms with E-state index in [4.69, 9.17) is 0 Å². The zero-order valence-corrected chi connectivity index (χ0v) is 11.2. The topological polar surface area (TPSA) is 32.3 Å². The predicted octanol–water partition coefficient (Wildman–Crippen LogP) is 1.96. The molecule has 1 aliphatic rings. The fraction of sp³-hybridized carbons (Fsp3) is 0.385. The maximum atomic E-state index is 4.53. The summed E-state index contributed by atoms with van der Waals surface area (Å²) < 4.78 is 0. The highest BCUT2D eigenvalue weighted by Gasteiger charge is 2.19. The van der Waals surface area contributed by atoms with Crippen LogP contribution in [0.1, 0.15) is 0 Å². The quantitative estimate of drug-likeness (QED) is 0.826. The van der Waals surface area contributed by atoms with Crippen LogP contribution in [-0.4, -0.2) is 48.1 Å². The minimum Gasteiger partial charge on any atom is -0.352 e. The lowest BCUT2D eigenvalue weighted by Crippen LogP contribution is -2.45. The van der Waals surface area contributed by atoms with E-state index in [-0.39, 0.29) is 0 Å². The summed E-state index contributed by atoms with van der Waals surface area (Å²) in [7, 11) is 2.16. The van der Waals surface area contributed by atoms with Crippen LogP contribution < -0.4 is 4.90 Å². The zero-order chi connectivity index (χ0) is 12.4. The van der Waals surface area contributed by atoms with Gasteiger partial charge < -0.3 is 9.80 Å². The first-order valence-electron chi connectivity index (χ1n) is 6.11. The Morgan fingerprint density at radius 1 is 1.11 bits per heavy atom. The Morgan fingerprint density at radius 2 is 1.89 bits per heavy atom. The van der Waals surface area contributed by atoms with Crippen LogP contribution >= 0.6 is 11.3 Å². The number of rotatable bonds is 2. The van der Waals surface area contributed by atoms with Crippen molar-refractivity contribution >= 4 is 17.2 Å². The van der Waals surface area contributed by atoms with Crippen LogP contribution in [0.5, 0.6) is 0 Å². The third-order valence-corrected chi connectivity index (χ3v) is 3.96. The Hall–Kier alpha value is -1.46. The van der Waals surface area contributed by atoms with E-state index in [0.717, 1.165) is 37.7 Å². The van der Waals surface area contributed by atoms with Crippen LogP contribution in [0.3, 0.4) is 0 Å². The van der Waals surface area contributed by atoms with Gasteiger partial charge in [0.15, 0.2) is 5.82 Å². The molecule has 1 saturated heterocycles. The fourth-order valence-electron chi connectivity index (χ4n) is 2.18. The van der Waals surface area contributed by atoms with Gasteiger partial charge in [0.25, 0.3) is 0 Å². The lowest BCUT2D eigenvalue weighted by Gasteiger charge is -2.33. The number of anilines is 1. The molecule has 0 radical (unpaired) electrons. The van der Waals surface area contributed by atoms with Crippen molar-refractivity contribution in [1.82, 2.24) is 14.9 Å². The summed E-state index contributed by atoms with van der Waals surface area (Å²) in [5, 5.41) is 4.21. The molecule has 18 heavy (non-hydrogen) atoms. The summed E-state index contributed by atoms with van der Waals surface area (Å²) in [4.78, 5) is 13.7. The first-order chi connectivity index (χ1) is 8.84. The van der Waals surface area contributed by atoms with E-state index in [2.05, 4.69) is 43.6 Å². The van der Waals surface area contributed by atoms with Crippen molar-refractivity contribution in [3.8, 4) is 11.3 Å². The van der Waals surface area contributed by atoms with Gasteiger partial charge >= 0.3 is 0 Å². The number of hydrogen-bond acceptors (Lipinski definition) is 5. The van der Waals surface area contributed by atoms with Gasteiger partial charge in [-0.2, -0.15) is 11.3 Å². The molecule has 0 atom stereocenters. The molecule has 1 fully saturated rings. The molecule has 2 aromatic heterocycles. The second-order valence-corrected chi connectivity index (χ2v) is 5.31. The Labute approximate surface area is 111 Å². The lowest BCUT2D eigenvalue weighted by atomic mass is 10.2. The van der Waals surface area contributed by atoms with Gasteiger partial charge in [-0.05, 0) is 18.5 Å². The number of aromatic nitrogens is 2. The van der Waals surface area contributed by atoms with Crippen molar-refractivity contribution in [1.29, 1.82) is 0 Å². The molecule has 0 spiro atoms. The van der Waals surface area contributed by atoms with Gasteiger partial charge in [0.05, 0.1) is 0 Å². The predicted molar refractivity (Wildman–Crippen MR) is 75.1 cm³/mol. The maximum absolute atomic E-state index is 4.53. The summed E-state index contributed by atoms with van der Waals surface area (Å²) in [6, 6.07) is 2.11. The molecule has 1 aliphatic heterocycles. The van der Waals surface area contributed by atoms with Gasteiger partial charge in [-0.15, -0.1) is 0 Å². The van der Waals surface area contributed by atoms with Gasteiger partial charge in [0.1, 0.15) is 5.69 Å². The van der Waals surface area contributed by atoms with Crippen molar-refractivity contribution in [3.05, 3.63) is 29.2 Å². The van der Waals surface area contributed by atoms with Crippen LogP contribution in [0.15, 0.2) is 29.2 Å². The zero-order valence-electron chi connectivity index (χ0n) is 10.4. The highest BCUT2D eigenvalue weighted by Crippen LogP contribution is 2.28. The van der Waals surface area contributed by atoms with E-state index < -0.39 is 0 Å². The molecule has 4 nitrogen and oxygen atoms in total. The number of hydrogen-bond donors (Lipinski definition) is 0. The average molecular weight is 260 g/mol. The molecule has 3 heterocycles. The molecule has 0 amide bonds. The minimum atomic E-state index is 1.00. The normalized spacial score (nSPS) is 17.1. The molecule has 0 bridgehead atoms. The molecule has 2 aromatic rings. The highest BCUT2D eigenvalue weighted by molar-refractivity contribution is 7.08. The number of thiophene rings is 1. The molecular weight excluding hydrogens is 244 g/mol. The molecule has 0 saturated carbocycles. The first-order valence-corrected chi connectivity index (χ1v) is 7.06. The third kappa shape index (κ3) is 2.23. The molecule has 3 rings (SSSR count). The number of nitrogens with zero attached hydrogens (tertiary/aromatic N) is 4. The van der Waals surface area contributed by atoms with Gasteiger partial charge in [-0.1, -0.05) is 0 Å². The number of piperazine rings is 1. The van der Waals surface area contributed by atoms with Crippen LogP contribution in [0.4, 0.5) is 5.82 Å². The SMILES string of the molecule is CN1CCN(c2nccnc2-c2ccsc2)CC1. The van der Waals surface area contributed by atoms with Gasteiger partial charge in [0, 0.05) is 49.5 Å². The Balaban J connectivity index is 1.92. The van der Waals surface area contributed by atoms with Gasteiger partial charge in [-0.3, -0.25) is 4.98 Å². The molecule has 0 N–H and O–H groups in total. The molecular formula is C13H16N4S. The van der Waals surface area contributed by atoms with Crippen molar-refractivity contribution in [2.45, 2.75) is 0 Å². The molecule has 94 valence electrons. The summed E-state index contributed by atoms with van der Waals surface area (Å²) in [5.41, 5.74) is 2.17. The standard InChI is InChI=1S/C13H16N4S/c1-16-5-7-17(8-6-16)13-12(14-3-4-15-13)11-2-9-18-10-11/h2-4,9-10H,5-8H2,1H3. The second-order valence-electron chi connectivity index (χ2n) is 4.53. The molecule has 0 aliphatic carbocycles. The highest BCUT2D eigenvalue weighted by atomic mass is 32.1. The van der Waals surface area contributed by atoms with Crippen LogP contribution in [-0.2, 0) is 0 Å². The lowest BCUT2D eigenvalue weighted by molar-refractivity contribution is 0.312. The average Bonchev–Trinajstić information content (AvgIpc) is 2.93. The van der Waals surface area contributed by atoms with Crippen molar-refractivity contribution < 1.29 is 0 Å². The molecule has 0 unspecified atom stereocenters. The van der Waals surface area contributed by atoms with E-state index >= 15 is 0 Å². The summed E-state index contributed by atoms with van der Waals surface area (Å²) in [6.07, 6.45) is 3.55. The van der Waals surface area contributed by atoms with E-state index in [9.17, 15) is 0 Å². The van der Waals surface area contributed by atoms with E-state index in [0.29, 0.717) is 0 Å². The minimum absolute atomic E-state index is 1.00. The Bertz CT molecular complexity index is 503. The van der Waals surface area contributed by atoms with Crippen molar-refractivity contribution in [3.63, 3.8) is 0 Å². The van der Waals surface area contributed by atoms with Crippen molar-refractivity contribution in [2.24, 2.45) is 0 Å². The molecule has 5 heteroatoms. The summed E-state index contributed by atoms with van der Waals surface area (Å²) in [6.45, 7) is 4.21. The summed E-state index contributed by atoms with van der Waals surface area (Å²) >= 11 is 1.70. The van der Waals surface area contributed by atoms with E-state index in [1.54, 1.807) is 23.7 Å². The fourth-order valence-corrected chi connectivity index (χ4v) is 2.82. The third-order valence-electron chi connectivity index (χ3n) is 3.28.